The highest BCUT2D eigenvalue weighted by molar-refractivity contribution is 6.60. The Bertz CT molecular complexity index is 637. The van der Waals surface area contributed by atoms with E-state index < -0.39 is 8.80 Å². The maximum atomic E-state index is 12.1. The summed E-state index contributed by atoms with van der Waals surface area (Å²) in [4.78, 5) is 12.1. The second-order valence-corrected chi connectivity index (χ2v) is 12.6. The number of hydrogen-bond acceptors (Lipinski definition) is 5. The van der Waals surface area contributed by atoms with Gasteiger partial charge in [-0.15, -0.1) is 0 Å². The summed E-state index contributed by atoms with van der Waals surface area (Å²) in [5, 5.41) is 2.84. The van der Waals surface area contributed by atoms with Crippen molar-refractivity contribution >= 4 is 14.9 Å². The fourth-order valence-electron chi connectivity index (χ4n) is 3.50. The zero-order chi connectivity index (χ0) is 26.6. The molecule has 0 aromatic rings. The molecule has 204 valence electrons. The van der Waals surface area contributed by atoms with Crippen LogP contribution < -0.4 is 5.32 Å². The van der Waals surface area contributed by atoms with Crippen molar-refractivity contribution in [2.24, 2.45) is 5.41 Å². The molecule has 1 N–H and O–H groups in total. The third kappa shape index (κ3) is 18.5. The average Bonchev–Trinajstić information content (AvgIpc) is 2.78. The average molecular weight is 512 g/mol. The molecule has 0 aliphatic carbocycles. The highest BCUT2D eigenvalue weighted by atomic mass is 28.4. The molecular weight excluding hydrogens is 458 g/mol. The molecule has 35 heavy (non-hydrogen) atoms. The molecule has 0 radical (unpaired) electrons. The summed E-state index contributed by atoms with van der Waals surface area (Å²) >= 11 is 0. The van der Waals surface area contributed by atoms with Crippen LogP contribution in [0.3, 0.4) is 0 Å². The van der Waals surface area contributed by atoms with Crippen molar-refractivity contribution in [3.8, 4) is 0 Å². The zero-order valence-corrected chi connectivity index (χ0v) is 24.8. The number of ether oxygens (including phenoxy) is 1. The first kappa shape index (κ1) is 33.6. The standard InChI is InChI=1S/C28H53NO5Si/c1-9-32-35(33-10-2,34-11-3)23-17-22-29-27(30)31-24-28(7,8)21-15-13-12-14-19-26(6)20-16-18-25(4)5/h13,15,18-19H,9-12,14,16-17,20-24H2,1-8H3,(H,29,30)/b15-13+,26-19+. The highest BCUT2D eigenvalue weighted by Crippen LogP contribution is 2.22. The number of rotatable bonds is 20. The highest BCUT2D eigenvalue weighted by Gasteiger charge is 2.39. The molecule has 6 nitrogen and oxygen atoms in total. The lowest BCUT2D eigenvalue weighted by molar-refractivity contribution is 0.0704. The summed E-state index contributed by atoms with van der Waals surface area (Å²) in [6.45, 7) is 19.1. The van der Waals surface area contributed by atoms with Gasteiger partial charge >= 0.3 is 14.9 Å². The lowest BCUT2D eigenvalue weighted by Crippen LogP contribution is -2.46. The Kier molecular flexibility index (Phi) is 18.9. The Balaban J connectivity index is 4.20. The maximum absolute atomic E-state index is 12.1. The van der Waals surface area contributed by atoms with E-state index in [0.717, 1.165) is 38.5 Å². The normalized spacial score (nSPS) is 12.7. The van der Waals surface area contributed by atoms with Gasteiger partial charge < -0.3 is 23.3 Å². The molecule has 0 aliphatic heterocycles. The van der Waals surface area contributed by atoms with Gasteiger partial charge in [0, 0.05) is 37.8 Å². The van der Waals surface area contributed by atoms with Gasteiger partial charge in [-0.2, -0.15) is 0 Å². The van der Waals surface area contributed by atoms with E-state index in [1.54, 1.807) is 0 Å². The van der Waals surface area contributed by atoms with Crippen LogP contribution in [0.15, 0.2) is 35.5 Å². The van der Waals surface area contributed by atoms with E-state index in [1.165, 1.54) is 11.1 Å². The number of carbonyl (C=O) groups excluding carboxylic acids is 1. The lowest BCUT2D eigenvalue weighted by atomic mass is 9.90. The molecule has 0 saturated heterocycles. The predicted octanol–water partition coefficient (Wildman–Crippen LogP) is 7.60. The molecule has 1 amide bonds. The van der Waals surface area contributed by atoms with Crippen LogP contribution >= 0.6 is 0 Å². The van der Waals surface area contributed by atoms with Crippen LogP contribution in [0, 0.1) is 5.41 Å². The molecule has 0 aliphatic rings. The van der Waals surface area contributed by atoms with Gasteiger partial charge in [0.1, 0.15) is 0 Å². The van der Waals surface area contributed by atoms with Crippen LogP contribution in [0.5, 0.6) is 0 Å². The van der Waals surface area contributed by atoms with Crippen LogP contribution in [0.2, 0.25) is 6.04 Å². The summed E-state index contributed by atoms with van der Waals surface area (Å²) in [6.07, 6.45) is 14.6. The Morgan fingerprint density at radius 3 is 2.09 bits per heavy atom. The first-order valence-electron chi connectivity index (χ1n) is 13.4. The molecular formula is C28H53NO5Si. The number of nitrogens with one attached hydrogen (secondary N) is 1. The van der Waals surface area contributed by atoms with Gasteiger partial charge in [-0.1, -0.05) is 49.3 Å². The van der Waals surface area contributed by atoms with Crippen LogP contribution in [-0.2, 0) is 18.0 Å². The van der Waals surface area contributed by atoms with Crippen molar-refractivity contribution in [1.29, 1.82) is 0 Å². The van der Waals surface area contributed by atoms with E-state index in [0.29, 0.717) is 39.0 Å². The quantitative estimate of drug-likeness (QED) is 0.104. The van der Waals surface area contributed by atoms with Crippen molar-refractivity contribution < 1.29 is 22.8 Å². The largest absolute Gasteiger partial charge is 0.500 e. The van der Waals surface area contributed by atoms with Crippen molar-refractivity contribution in [1.82, 2.24) is 5.32 Å². The topological polar surface area (TPSA) is 66.0 Å². The fourth-order valence-corrected chi connectivity index (χ4v) is 6.12. The summed E-state index contributed by atoms with van der Waals surface area (Å²) in [6, 6.07) is 0.670. The van der Waals surface area contributed by atoms with Gasteiger partial charge in [-0.05, 0) is 80.1 Å². The van der Waals surface area contributed by atoms with Crippen molar-refractivity contribution in [3.05, 3.63) is 35.5 Å². The molecule has 0 unspecified atom stereocenters. The molecule has 0 aromatic carbocycles. The molecule has 0 heterocycles. The number of amides is 1. The molecule has 0 saturated carbocycles. The molecule has 0 bridgehead atoms. The van der Waals surface area contributed by atoms with Crippen LogP contribution in [0.25, 0.3) is 0 Å². The maximum Gasteiger partial charge on any atom is 0.500 e. The van der Waals surface area contributed by atoms with Crippen molar-refractivity contribution in [2.45, 2.75) is 100.0 Å². The van der Waals surface area contributed by atoms with Crippen LogP contribution in [0.4, 0.5) is 4.79 Å². The number of allylic oxidation sites excluding steroid dienone is 6. The zero-order valence-electron chi connectivity index (χ0n) is 23.8. The number of alkyl carbamates (subject to hydrolysis) is 1. The lowest BCUT2D eigenvalue weighted by Gasteiger charge is -2.28. The summed E-state index contributed by atoms with van der Waals surface area (Å²) in [5.74, 6) is 0. The van der Waals surface area contributed by atoms with Crippen molar-refractivity contribution in [3.63, 3.8) is 0 Å². The van der Waals surface area contributed by atoms with Crippen molar-refractivity contribution in [2.75, 3.05) is 33.0 Å². The van der Waals surface area contributed by atoms with Gasteiger partial charge in [0.15, 0.2) is 0 Å². The first-order chi connectivity index (χ1) is 16.6. The number of hydrogen-bond donors (Lipinski definition) is 1. The minimum atomic E-state index is -2.66. The monoisotopic (exact) mass is 511 g/mol. The smallest absolute Gasteiger partial charge is 0.449 e. The molecule has 7 heteroatoms. The third-order valence-electron chi connectivity index (χ3n) is 5.37. The molecule has 0 spiro atoms. The molecule has 0 fully saturated rings. The molecule has 0 rings (SSSR count). The molecule has 0 atom stereocenters. The fraction of sp³-hybridized carbons (Fsp3) is 0.750. The van der Waals surface area contributed by atoms with Gasteiger partial charge in [0.2, 0.25) is 0 Å². The SMILES string of the molecule is CCO[Si](CCCNC(=O)OCC(C)(C)C/C=C/CC/C=C(\C)CCC=C(C)C)(OCC)OCC. The Morgan fingerprint density at radius 1 is 0.886 bits per heavy atom. The third-order valence-corrected chi connectivity index (χ3v) is 8.52. The number of unbranched alkanes of at least 4 members (excludes halogenated alkanes) is 1. The first-order valence-corrected chi connectivity index (χ1v) is 15.3. The van der Waals surface area contributed by atoms with E-state index in [2.05, 4.69) is 64.2 Å². The van der Waals surface area contributed by atoms with E-state index >= 15 is 0 Å². The Morgan fingerprint density at radius 2 is 1.51 bits per heavy atom. The Hall–Kier alpha value is -1.41. The minimum Gasteiger partial charge on any atom is -0.449 e. The second kappa shape index (κ2) is 19.7. The van der Waals surface area contributed by atoms with Gasteiger partial charge in [0.25, 0.3) is 0 Å². The van der Waals surface area contributed by atoms with E-state index in [4.69, 9.17) is 18.0 Å². The predicted molar refractivity (Wildman–Crippen MR) is 149 cm³/mol. The summed E-state index contributed by atoms with van der Waals surface area (Å²) < 4.78 is 23.0. The summed E-state index contributed by atoms with van der Waals surface area (Å²) in [7, 11) is -2.66. The second-order valence-electron chi connectivity index (χ2n) is 9.88. The van der Waals surface area contributed by atoms with E-state index in [9.17, 15) is 4.79 Å². The van der Waals surface area contributed by atoms with Gasteiger partial charge in [-0.3, -0.25) is 0 Å². The van der Waals surface area contributed by atoms with Crippen LogP contribution in [0.1, 0.15) is 93.9 Å². The van der Waals surface area contributed by atoms with Gasteiger partial charge in [-0.25, -0.2) is 4.79 Å². The number of carbonyl (C=O) groups is 1. The van der Waals surface area contributed by atoms with Crippen LogP contribution in [-0.4, -0.2) is 47.9 Å². The van der Waals surface area contributed by atoms with E-state index in [-0.39, 0.29) is 11.5 Å². The van der Waals surface area contributed by atoms with E-state index in [1.807, 2.05) is 20.8 Å². The minimum absolute atomic E-state index is 0.106. The molecule has 0 aromatic heterocycles. The summed E-state index contributed by atoms with van der Waals surface area (Å²) in [5.41, 5.74) is 2.73. The van der Waals surface area contributed by atoms with Gasteiger partial charge in [0.05, 0.1) is 6.61 Å². The Labute approximate surface area is 216 Å².